The van der Waals surface area contributed by atoms with Crippen molar-refractivity contribution in [1.29, 1.82) is 0 Å². The van der Waals surface area contributed by atoms with Gasteiger partial charge in [-0.1, -0.05) is 36.6 Å². The molecule has 2 fully saturated rings. The van der Waals surface area contributed by atoms with E-state index in [1.54, 1.807) is 12.1 Å². The van der Waals surface area contributed by atoms with Gasteiger partial charge in [-0.05, 0) is 25.0 Å². The van der Waals surface area contributed by atoms with Crippen LogP contribution in [0.2, 0.25) is 5.02 Å². The first-order chi connectivity index (χ1) is 14.0. The minimum absolute atomic E-state index is 0.00506. The van der Waals surface area contributed by atoms with Gasteiger partial charge >= 0.3 is 5.97 Å². The van der Waals surface area contributed by atoms with E-state index in [9.17, 15) is 14.4 Å². The number of rotatable bonds is 6. The summed E-state index contributed by atoms with van der Waals surface area (Å²) in [6.07, 6.45) is 3.53. The number of imide groups is 1. The van der Waals surface area contributed by atoms with E-state index in [0.717, 1.165) is 36.3 Å². The molecular weight excluding hydrogens is 412 g/mol. The summed E-state index contributed by atoms with van der Waals surface area (Å²) in [6.45, 7) is 0.159. The van der Waals surface area contributed by atoms with Crippen molar-refractivity contribution in [3.63, 3.8) is 0 Å². The highest BCUT2D eigenvalue weighted by Gasteiger charge is 2.47. The van der Waals surface area contributed by atoms with Crippen molar-refractivity contribution in [3.05, 3.63) is 40.4 Å². The number of carbonyl (C=O) groups is 3. The van der Waals surface area contributed by atoms with Gasteiger partial charge in [0.25, 0.3) is 0 Å². The average Bonchev–Trinajstić information content (AvgIpc) is 3.30. The SMILES string of the molecule is O=C(CCN1C(=O)C2CCCCC2C1=O)OCc1csc(-c2ccc(Cl)cc2)n1. The van der Waals surface area contributed by atoms with Crippen LogP contribution in [0.25, 0.3) is 10.6 Å². The molecule has 2 heterocycles. The molecule has 6 nitrogen and oxygen atoms in total. The third-order valence-electron chi connectivity index (χ3n) is 5.50. The molecule has 1 aliphatic carbocycles. The smallest absolute Gasteiger partial charge is 0.307 e. The Morgan fingerprint density at radius 1 is 1.14 bits per heavy atom. The number of nitrogens with zero attached hydrogens (tertiary/aromatic N) is 2. The molecule has 0 radical (unpaired) electrons. The summed E-state index contributed by atoms with van der Waals surface area (Å²) in [4.78, 5) is 42.7. The number of thiazole rings is 1. The number of halogens is 1. The van der Waals surface area contributed by atoms with Crippen molar-refractivity contribution in [2.24, 2.45) is 11.8 Å². The van der Waals surface area contributed by atoms with Gasteiger partial charge in [-0.2, -0.15) is 0 Å². The molecule has 0 bridgehead atoms. The van der Waals surface area contributed by atoms with E-state index in [2.05, 4.69) is 4.98 Å². The van der Waals surface area contributed by atoms with E-state index >= 15 is 0 Å². The van der Waals surface area contributed by atoms with Crippen molar-refractivity contribution in [2.75, 3.05) is 6.54 Å². The zero-order chi connectivity index (χ0) is 20.4. The largest absolute Gasteiger partial charge is 0.459 e. The maximum absolute atomic E-state index is 12.4. The number of benzene rings is 1. The number of fused-ring (bicyclic) bond motifs is 1. The van der Waals surface area contributed by atoms with Crippen molar-refractivity contribution in [3.8, 4) is 10.6 Å². The fraction of sp³-hybridized carbons (Fsp3) is 0.429. The minimum atomic E-state index is -0.443. The van der Waals surface area contributed by atoms with Gasteiger partial charge in [0.05, 0.1) is 24.0 Å². The van der Waals surface area contributed by atoms with Gasteiger partial charge in [-0.25, -0.2) is 4.98 Å². The van der Waals surface area contributed by atoms with Crippen LogP contribution in [-0.4, -0.2) is 34.2 Å². The van der Waals surface area contributed by atoms with E-state index in [1.807, 2.05) is 17.5 Å². The van der Waals surface area contributed by atoms with Crippen LogP contribution in [0.1, 0.15) is 37.8 Å². The number of hydrogen-bond acceptors (Lipinski definition) is 6. The molecule has 2 aliphatic rings. The molecule has 2 aromatic rings. The monoisotopic (exact) mass is 432 g/mol. The summed E-state index contributed by atoms with van der Waals surface area (Å²) in [5.74, 6) is -1.07. The molecule has 2 amide bonds. The van der Waals surface area contributed by atoms with Crippen LogP contribution < -0.4 is 0 Å². The number of esters is 1. The molecule has 152 valence electrons. The van der Waals surface area contributed by atoms with Gasteiger partial charge in [-0.3, -0.25) is 19.3 Å². The standard InChI is InChI=1S/C21H21ClN2O4S/c22-14-7-5-13(6-8-14)19-23-15(12-29-19)11-28-18(25)9-10-24-20(26)16-3-1-2-4-17(16)21(24)27/h5-8,12,16-17H,1-4,9-11H2. The van der Waals surface area contributed by atoms with Crippen LogP contribution in [0.4, 0.5) is 0 Å². The summed E-state index contributed by atoms with van der Waals surface area (Å²) in [6, 6.07) is 7.38. The molecule has 1 aromatic carbocycles. The lowest BCUT2D eigenvalue weighted by molar-refractivity contribution is -0.146. The van der Waals surface area contributed by atoms with Gasteiger partial charge in [0.1, 0.15) is 11.6 Å². The highest BCUT2D eigenvalue weighted by atomic mass is 35.5. The van der Waals surface area contributed by atoms with Crippen molar-refractivity contribution in [2.45, 2.75) is 38.7 Å². The van der Waals surface area contributed by atoms with Gasteiger partial charge in [0.2, 0.25) is 11.8 Å². The van der Waals surface area contributed by atoms with E-state index in [0.29, 0.717) is 10.7 Å². The Labute approximate surface area is 177 Å². The fourth-order valence-electron chi connectivity index (χ4n) is 3.98. The van der Waals surface area contributed by atoms with E-state index in [4.69, 9.17) is 16.3 Å². The predicted octanol–water partition coefficient (Wildman–Crippen LogP) is 4.07. The third kappa shape index (κ3) is 4.36. The molecule has 0 spiro atoms. The first-order valence-electron chi connectivity index (χ1n) is 9.74. The zero-order valence-electron chi connectivity index (χ0n) is 15.8. The molecule has 4 rings (SSSR count). The number of amides is 2. The zero-order valence-corrected chi connectivity index (χ0v) is 17.4. The van der Waals surface area contributed by atoms with Crippen LogP contribution in [0.5, 0.6) is 0 Å². The first-order valence-corrected chi connectivity index (χ1v) is 11.0. The van der Waals surface area contributed by atoms with Crippen LogP contribution in [-0.2, 0) is 25.7 Å². The summed E-state index contributed by atoms with van der Waals surface area (Å²) >= 11 is 7.36. The number of aromatic nitrogens is 1. The molecule has 29 heavy (non-hydrogen) atoms. The molecule has 1 saturated heterocycles. The molecule has 1 aromatic heterocycles. The topological polar surface area (TPSA) is 76.6 Å². The van der Waals surface area contributed by atoms with Gasteiger partial charge in [-0.15, -0.1) is 11.3 Å². The Balaban J connectivity index is 1.27. The number of likely N-dealkylation sites (tertiary alicyclic amines) is 1. The lowest BCUT2D eigenvalue weighted by Crippen LogP contribution is -2.33. The number of ether oxygens (including phenoxy) is 1. The summed E-state index contributed by atoms with van der Waals surface area (Å²) in [5.41, 5.74) is 1.61. The van der Waals surface area contributed by atoms with Crippen LogP contribution in [0, 0.1) is 11.8 Å². The van der Waals surface area contributed by atoms with Gasteiger partial charge in [0.15, 0.2) is 0 Å². The Bertz CT molecular complexity index is 903. The second-order valence-corrected chi connectivity index (χ2v) is 8.68. The molecule has 0 N–H and O–H groups in total. The lowest BCUT2D eigenvalue weighted by Gasteiger charge is -2.19. The quantitative estimate of drug-likeness (QED) is 0.508. The molecular formula is C21H21ClN2O4S. The normalized spacial score (nSPS) is 21.3. The molecule has 2 unspecified atom stereocenters. The van der Waals surface area contributed by atoms with Gasteiger partial charge < -0.3 is 4.74 Å². The van der Waals surface area contributed by atoms with Crippen molar-refractivity contribution < 1.29 is 19.1 Å². The highest BCUT2D eigenvalue weighted by Crippen LogP contribution is 2.38. The van der Waals surface area contributed by atoms with E-state index < -0.39 is 5.97 Å². The van der Waals surface area contributed by atoms with Crippen molar-refractivity contribution in [1.82, 2.24) is 9.88 Å². The Kier molecular flexibility index (Phi) is 5.96. The van der Waals surface area contributed by atoms with Gasteiger partial charge in [0, 0.05) is 22.5 Å². The highest BCUT2D eigenvalue weighted by molar-refractivity contribution is 7.13. The molecule has 2 atom stereocenters. The number of hydrogen-bond donors (Lipinski definition) is 0. The molecule has 1 aliphatic heterocycles. The Morgan fingerprint density at radius 3 is 2.45 bits per heavy atom. The second kappa shape index (κ2) is 8.63. The number of carbonyl (C=O) groups excluding carboxylic acids is 3. The maximum Gasteiger partial charge on any atom is 0.307 e. The summed E-state index contributed by atoms with van der Waals surface area (Å²) < 4.78 is 5.28. The average molecular weight is 433 g/mol. The Hall–Kier alpha value is -2.25. The van der Waals surface area contributed by atoms with E-state index in [1.165, 1.54) is 16.2 Å². The van der Waals surface area contributed by atoms with Crippen LogP contribution in [0.15, 0.2) is 29.6 Å². The van der Waals surface area contributed by atoms with Crippen molar-refractivity contribution >= 4 is 40.7 Å². The fourth-order valence-corrected chi connectivity index (χ4v) is 4.92. The first kappa shape index (κ1) is 20.0. The van der Waals surface area contributed by atoms with Crippen LogP contribution >= 0.6 is 22.9 Å². The molecule has 8 heteroatoms. The lowest BCUT2D eigenvalue weighted by atomic mass is 9.81. The van der Waals surface area contributed by atoms with Crippen LogP contribution in [0.3, 0.4) is 0 Å². The Morgan fingerprint density at radius 2 is 1.79 bits per heavy atom. The van der Waals surface area contributed by atoms with E-state index in [-0.39, 0.29) is 43.2 Å². The minimum Gasteiger partial charge on any atom is -0.459 e. The second-order valence-electron chi connectivity index (χ2n) is 7.39. The maximum atomic E-state index is 12.4. The predicted molar refractivity (Wildman–Crippen MR) is 109 cm³/mol. The third-order valence-corrected chi connectivity index (χ3v) is 6.69. The molecule has 1 saturated carbocycles. The summed E-state index contributed by atoms with van der Waals surface area (Å²) in [7, 11) is 0. The summed E-state index contributed by atoms with van der Waals surface area (Å²) in [5, 5.41) is 3.33.